The Morgan fingerprint density at radius 2 is 0.925 bits per heavy atom. The highest BCUT2D eigenvalue weighted by atomic mass is 15.0. The molecule has 9 aromatic carbocycles. The van der Waals surface area contributed by atoms with Gasteiger partial charge in [-0.1, -0.05) is 134 Å². The first-order valence-corrected chi connectivity index (χ1v) is 18.7. The smallest absolute Gasteiger partial charge is 0.0541 e. The number of benzene rings is 9. The van der Waals surface area contributed by atoms with Crippen molar-refractivity contribution in [2.75, 3.05) is 0 Å². The predicted octanol–water partition coefficient (Wildman–Crippen LogP) is 14.4. The Kier molecular flexibility index (Phi) is 7.30. The van der Waals surface area contributed by atoms with E-state index < -0.39 is 0 Å². The minimum absolute atomic E-state index is 0.958. The van der Waals surface area contributed by atoms with Crippen LogP contribution in [0, 0.1) is 13.8 Å². The van der Waals surface area contributed by atoms with Gasteiger partial charge in [-0.05, 0) is 145 Å². The van der Waals surface area contributed by atoms with Gasteiger partial charge in [-0.25, -0.2) is 0 Å². The van der Waals surface area contributed by atoms with E-state index in [-0.39, 0.29) is 0 Å². The average Bonchev–Trinajstić information content (AvgIpc) is 3.54. The van der Waals surface area contributed by atoms with E-state index in [1.54, 1.807) is 0 Å². The summed E-state index contributed by atoms with van der Waals surface area (Å²) in [7, 11) is 0. The van der Waals surface area contributed by atoms with Gasteiger partial charge in [0.05, 0.1) is 11.0 Å². The molecule has 1 heterocycles. The van der Waals surface area contributed by atoms with Gasteiger partial charge >= 0.3 is 0 Å². The fourth-order valence-electron chi connectivity index (χ4n) is 8.80. The van der Waals surface area contributed by atoms with Crippen molar-refractivity contribution < 1.29 is 0 Å². The second kappa shape index (κ2) is 12.4. The lowest BCUT2D eigenvalue weighted by molar-refractivity contribution is 1.14. The zero-order chi connectivity index (χ0) is 35.6. The summed E-state index contributed by atoms with van der Waals surface area (Å²) in [5.74, 6) is 0. The summed E-state index contributed by atoms with van der Waals surface area (Å²) in [6, 6.07) is 63.1. The molecule has 252 valence electrons. The molecule has 0 bridgehead atoms. The molecule has 1 nitrogen and oxygen atoms in total. The van der Waals surface area contributed by atoms with Crippen molar-refractivity contribution in [3.8, 4) is 39.1 Å². The molecule has 0 radical (unpaired) electrons. The van der Waals surface area contributed by atoms with E-state index >= 15 is 0 Å². The summed E-state index contributed by atoms with van der Waals surface area (Å²) in [6.45, 7) is 6.77. The van der Waals surface area contributed by atoms with Crippen LogP contribution in [0.2, 0.25) is 0 Å². The number of hydrogen-bond donors (Lipinski definition) is 0. The third kappa shape index (κ3) is 5.07. The van der Waals surface area contributed by atoms with Gasteiger partial charge in [-0.3, -0.25) is 0 Å². The second-order valence-electron chi connectivity index (χ2n) is 14.5. The van der Waals surface area contributed by atoms with Gasteiger partial charge in [0.25, 0.3) is 0 Å². The summed E-state index contributed by atoms with van der Waals surface area (Å²) in [5, 5.41) is 10.4. The maximum atomic E-state index is 2.45. The van der Waals surface area contributed by atoms with Crippen LogP contribution in [0.1, 0.15) is 23.6 Å². The van der Waals surface area contributed by atoms with E-state index in [0.29, 0.717) is 0 Å². The highest BCUT2D eigenvalue weighted by Crippen LogP contribution is 2.41. The Morgan fingerprint density at radius 3 is 1.60 bits per heavy atom. The molecular weight excluding hydrogens is 639 g/mol. The van der Waals surface area contributed by atoms with Crippen LogP contribution in [-0.2, 0) is 6.42 Å². The summed E-state index contributed by atoms with van der Waals surface area (Å²) in [6.07, 6.45) is 0.958. The Morgan fingerprint density at radius 1 is 0.377 bits per heavy atom. The van der Waals surface area contributed by atoms with Gasteiger partial charge in [-0.2, -0.15) is 0 Å². The van der Waals surface area contributed by atoms with Gasteiger partial charge in [-0.15, -0.1) is 0 Å². The first-order chi connectivity index (χ1) is 26.1. The van der Waals surface area contributed by atoms with Crippen molar-refractivity contribution in [3.05, 3.63) is 187 Å². The Labute approximate surface area is 310 Å². The molecule has 0 atom stereocenters. The molecular formula is C52H39N. The lowest BCUT2D eigenvalue weighted by atomic mass is 9.87. The minimum atomic E-state index is 0.958. The lowest BCUT2D eigenvalue weighted by Crippen LogP contribution is -1.94. The fourth-order valence-corrected chi connectivity index (χ4v) is 8.80. The fraction of sp³-hybridized carbons (Fsp3) is 0.0769. The highest BCUT2D eigenvalue weighted by molar-refractivity contribution is 6.26. The molecule has 53 heavy (non-hydrogen) atoms. The van der Waals surface area contributed by atoms with Crippen molar-refractivity contribution in [2.24, 2.45) is 0 Å². The molecule has 0 amide bonds. The summed E-state index contributed by atoms with van der Waals surface area (Å²) < 4.78 is 2.38. The quantitative estimate of drug-likeness (QED) is 0.160. The van der Waals surface area contributed by atoms with Gasteiger partial charge < -0.3 is 4.57 Å². The number of para-hydroxylation sites is 2. The molecule has 0 aliphatic rings. The third-order valence-corrected chi connectivity index (χ3v) is 11.3. The molecule has 1 aromatic heterocycles. The number of hydrogen-bond acceptors (Lipinski definition) is 0. The Bertz CT molecular complexity index is 3050. The van der Waals surface area contributed by atoms with Gasteiger partial charge in [0.1, 0.15) is 0 Å². The normalized spacial score (nSPS) is 11.8. The van der Waals surface area contributed by atoms with Gasteiger partial charge in [0.2, 0.25) is 0 Å². The van der Waals surface area contributed by atoms with E-state index in [1.165, 1.54) is 110 Å². The maximum Gasteiger partial charge on any atom is 0.0541 e. The van der Waals surface area contributed by atoms with E-state index in [9.17, 15) is 0 Å². The molecule has 0 aliphatic carbocycles. The van der Waals surface area contributed by atoms with Crippen molar-refractivity contribution in [1.29, 1.82) is 0 Å². The summed E-state index contributed by atoms with van der Waals surface area (Å²) in [5.41, 5.74) is 15.2. The van der Waals surface area contributed by atoms with Crippen LogP contribution in [0.4, 0.5) is 0 Å². The van der Waals surface area contributed by atoms with E-state index in [0.717, 1.165) is 6.42 Å². The number of aryl methyl sites for hydroxylation is 3. The monoisotopic (exact) mass is 677 g/mol. The molecule has 0 spiro atoms. The molecule has 0 N–H and O–H groups in total. The van der Waals surface area contributed by atoms with Crippen LogP contribution in [0.25, 0.3) is 93.2 Å². The number of nitrogens with zero attached hydrogens (tertiary/aromatic N) is 1. The minimum Gasteiger partial charge on any atom is -0.309 e. The molecule has 0 aliphatic heterocycles. The van der Waals surface area contributed by atoms with Crippen LogP contribution in [0.3, 0.4) is 0 Å². The molecule has 1 heteroatoms. The number of fused-ring (bicyclic) bond motifs is 9. The molecule has 10 aromatic rings. The van der Waals surface area contributed by atoms with Crippen molar-refractivity contribution >= 4 is 54.1 Å². The van der Waals surface area contributed by atoms with E-state index in [4.69, 9.17) is 0 Å². The topological polar surface area (TPSA) is 4.93 Å². The number of aromatic nitrogens is 1. The van der Waals surface area contributed by atoms with Crippen molar-refractivity contribution in [1.82, 2.24) is 4.57 Å². The molecule has 10 rings (SSSR count). The SMILES string of the molecule is CCc1cc(-c2cc(C)cc(-c3ccc4c(c3)c3ccccc3n4-c3ccccc3)c2)ccc1-c1cc2c3ccccc3c3ccccc3c2cc1C. The second-order valence-corrected chi connectivity index (χ2v) is 14.5. The zero-order valence-corrected chi connectivity index (χ0v) is 30.3. The molecule has 0 saturated heterocycles. The number of rotatable bonds is 5. The first kappa shape index (κ1) is 31.3. The van der Waals surface area contributed by atoms with Crippen LogP contribution >= 0.6 is 0 Å². The maximum absolute atomic E-state index is 2.45. The third-order valence-electron chi connectivity index (χ3n) is 11.3. The first-order valence-electron chi connectivity index (χ1n) is 18.7. The molecule has 0 fully saturated rings. The van der Waals surface area contributed by atoms with Crippen molar-refractivity contribution in [3.63, 3.8) is 0 Å². The predicted molar refractivity (Wildman–Crippen MR) is 228 cm³/mol. The lowest BCUT2D eigenvalue weighted by Gasteiger charge is -2.17. The van der Waals surface area contributed by atoms with E-state index in [1.807, 2.05) is 0 Å². The van der Waals surface area contributed by atoms with Gasteiger partial charge in [0.15, 0.2) is 0 Å². The molecule has 0 unspecified atom stereocenters. The van der Waals surface area contributed by atoms with Crippen LogP contribution in [0.15, 0.2) is 170 Å². The zero-order valence-electron chi connectivity index (χ0n) is 30.3. The Hall–Kier alpha value is -6.44. The highest BCUT2D eigenvalue weighted by Gasteiger charge is 2.16. The van der Waals surface area contributed by atoms with Crippen LogP contribution in [-0.4, -0.2) is 4.57 Å². The molecule has 0 saturated carbocycles. The average molecular weight is 678 g/mol. The largest absolute Gasteiger partial charge is 0.309 e. The van der Waals surface area contributed by atoms with Crippen LogP contribution < -0.4 is 0 Å². The summed E-state index contributed by atoms with van der Waals surface area (Å²) in [4.78, 5) is 0. The Balaban J connectivity index is 1.08. The standard InChI is InChI=1S/C52H39N/c1-4-35-29-36(22-24-41(35)47-32-49-45-19-11-9-17-43(45)42-16-8-10-18-44(42)48(49)28-34(47)3)38-26-33(2)27-39(30-38)37-23-25-52-50(31-37)46-20-12-13-21-51(46)53(52)40-14-6-5-7-15-40/h5-32H,4H2,1-3H3. The summed E-state index contributed by atoms with van der Waals surface area (Å²) >= 11 is 0. The van der Waals surface area contributed by atoms with E-state index in [2.05, 4.69) is 195 Å². The van der Waals surface area contributed by atoms with Crippen molar-refractivity contribution in [2.45, 2.75) is 27.2 Å². The van der Waals surface area contributed by atoms with Gasteiger partial charge in [0, 0.05) is 16.5 Å². The van der Waals surface area contributed by atoms with Crippen LogP contribution in [0.5, 0.6) is 0 Å².